The second-order valence-electron chi connectivity index (χ2n) is 6.33. The van der Waals surface area contributed by atoms with E-state index in [-0.39, 0.29) is 37.6 Å². The third-order valence-electron chi connectivity index (χ3n) is 3.86. The molecule has 2 rings (SSSR count). The maximum Gasteiger partial charge on any atom is 0.411 e. The van der Waals surface area contributed by atoms with Crippen molar-refractivity contribution in [2.24, 2.45) is 0 Å². The molecule has 0 saturated carbocycles. The lowest BCUT2D eigenvalue weighted by molar-refractivity contribution is -0.176. The number of ether oxygens (including phenoxy) is 1. The minimum Gasteiger partial charge on any atom is -0.367 e. The molecule has 162 valence electrons. The summed E-state index contributed by atoms with van der Waals surface area (Å²) in [4.78, 5) is 23.7. The van der Waals surface area contributed by atoms with Crippen molar-refractivity contribution in [3.8, 4) is 0 Å². The molecule has 2 amide bonds. The SMILES string of the molecule is O=C(CCNC(=O)c1ccc(F)cc1F)NCc1ccc(COCC(F)(F)F)cc1. The number of halogens is 5. The molecular weight excluding hydrogens is 411 g/mol. The minimum absolute atomic E-state index is 0.0447. The topological polar surface area (TPSA) is 67.4 Å². The first-order valence-corrected chi connectivity index (χ1v) is 8.86. The van der Waals surface area contributed by atoms with E-state index in [0.29, 0.717) is 11.6 Å². The van der Waals surface area contributed by atoms with Crippen LogP contribution in [0.3, 0.4) is 0 Å². The van der Waals surface area contributed by atoms with Gasteiger partial charge in [-0.15, -0.1) is 0 Å². The van der Waals surface area contributed by atoms with Gasteiger partial charge in [0.15, 0.2) is 0 Å². The largest absolute Gasteiger partial charge is 0.411 e. The highest BCUT2D eigenvalue weighted by Crippen LogP contribution is 2.16. The van der Waals surface area contributed by atoms with Gasteiger partial charge >= 0.3 is 6.18 Å². The summed E-state index contributed by atoms with van der Waals surface area (Å²) in [6.45, 7) is -1.37. The predicted molar refractivity (Wildman–Crippen MR) is 97.3 cm³/mol. The smallest absolute Gasteiger partial charge is 0.367 e. The molecule has 0 heterocycles. The van der Waals surface area contributed by atoms with Crippen LogP contribution >= 0.6 is 0 Å². The second-order valence-corrected chi connectivity index (χ2v) is 6.33. The minimum atomic E-state index is -4.38. The zero-order chi connectivity index (χ0) is 22.1. The van der Waals surface area contributed by atoms with Crippen LogP contribution in [-0.4, -0.2) is 31.1 Å². The van der Waals surface area contributed by atoms with E-state index in [0.717, 1.165) is 17.7 Å². The molecule has 5 nitrogen and oxygen atoms in total. The summed E-state index contributed by atoms with van der Waals surface area (Å²) in [5.41, 5.74) is 0.960. The fourth-order valence-electron chi connectivity index (χ4n) is 2.39. The summed E-state index contributed by atoms with van der Waals surface area (Å²) >= 11 is 0. The maximum atomic E-state index is 13.5. The molecule has 2 aromatic rings. The molecule has 2 N–H and O–H groups in total. The Balaban J connectivity index is 1.68. The normalized spacial score (nSPS) is 11.2. The molecule has 0 aliphatic heterocycles. The van der Waals surface area contributed by atoms with Crippen molar-refractivity contribution in [1.82, 2.24) is 10.6 Å². The highest BCUT2D eigenvalue weighted by atomic mass is 19.4. The first-order valence-electron chi connectivity index (χ1n) is 8.86. The van der Waals surface area contributed by atoms with Crippen LogP contribution in [0.5, 0.6) is 0 Å². The summed E-state index contributed by atoms with van der Waals surface area (Å²) in [5.74, 6) is -2.93. The van der Waals surface area contributed by atoms with E-state index in [1.807, 2.05) is 0 Å². The molecule has 0 fully saturated rings. The van der Waals surface area contributed by atoms with Gasteiger partial charge in [-0.2, -0.15) is 13.2 Å². The van der Waals surface area contributed by atoms with Crippen LogP contribution in [-0.2, 0) is 22.7 Å². The standard InChI is InChI=1S/C20H19F5N2O3/c21-15-5-6-16(17(22)9-15)19(29)26-8-7-18(28)27-10-13-1-3-14(4-2-13)11-30-12-20(23,24)25/h1-6,9H,7-8,10-12H2,(H,26,29)(H,27,28). The Bertz CT molecular complexity index is 870. The second kappa shape index (κ2) is 10.7. The van der Waals surface area contributed by atoms with Gasteiger partial charge in [-0.25, -0.2) is 8.78 Å². The van der Waals surface area contributed by atoms with Crippen molar-refractivity contribution in [3.63, 3.8) is 0 Å². The molecule has 0 spiro atoms. The van der Waals surface area contributed by atoms with Gasteiger partial charge < -0.3 is 15.4 Å². The van der Waals surface area contributed by atoms with Crippen molar-refractivity contribution in [2.45, 2.75) is 25.7 Å². The average Bonchev–Trinajstić information content (AvgIpc) is 2.66. The lowest BCUT2D eigenvalue weighted by atomic mass is 10.1. The molecule has 10 heteroatoms. The number of benzene rings is 2. The molecule has 0 saturated heterocycles. The zero-order valence-corrected chi connectivity index (χ0v) is 15.7. The molecule has 0 unspecified atom stereocenters. The maximum absolute atomic E-state index is 13.5. The van der Waals surface area contributed by atoms with E-state index < -0.39 is 30.3 Å². The van der Waals surface area contributed by atoms with Crippen LogP contribution in [0.2, 0.25) is 0 Å². The number of carbonyl (C=O) groups is 2. The third-order valence-corrected chi connectivity index (χ3v) is 3.86. The molecule has 0 bridgehead atoms. The van der Waals surface area contributed by atoms with Crippen LogP contribution < -0.4 is 10.6 Å². The molecule has 0 radical (unpaired) electrons. The fraction of sp³-hybridized carbons (Fsp3) is 0.300. The van der Waals surface area contributed by atoms with E-state index in [4.69, 9.17) is 0 Å². The van der Waals surface area contributed by atoms with E-state index in [2.05, 4.69) is 15.4 Å². The molecule has 0 aliphatic carbocycles. The summed E-state index contributed by atoms with van der Waals surface area (Å²) < 4.78 is 67.0. The van der Waals surface area contributed by atoms with E-state index >= 15 is 0 Å². The molecular formula is C20H19F5N2O3. The number of hydrogen-bond donors (Lipinski definition) is 2. The van der Waals surface area contributed by atoms with Crippen LogP contribution in [0.15, 0.2) is 42.5 Å². The summed E-state index contributed by atoms with van der Waals surface area (Å²) in [7, 11) is 0. The van der Waals surface area contributed by atoms with Crippen molar-refractivity contribution in [2.75, 3.05) is 13.2 Å². The zero-order valence-electron chi connectivity index (χ0n) is 15.7. The number of carbonyl (C=O) groups excluding carboxylic acids is 2. The summed E-state index contributed by atoms with van der Waals surface area (Å²) in [5, 5.41) is 4.99. The van der Waals surface area contributed by atoms with Gasteiger partial charge in [0.25, 0.3) is 5.91 Å². The van der Waals surface area contributed by atoms with Gasteiger partial charge in [-0.05, 0) is 23.3 Å². The lowest BCUT2D eigenvalue weighted by Gasteiger charge is -2.09. The first kappa shape index (κ1) is 23.3. The molecule has 0 atom stereocenters. The van der Waals surface area contributed by atoms with Crippen LogP contribution in [0.1, 0.15) is 27.9 Å². The molecule has 0 aliphatic rings. The highest BCUT2D eigenvalue weighted by molar-refractivity contribution is 5.94. The quantitative estimate of drug-likeness (QED) is 0.599. The monoisotopic (exact) mass is 430 g/mol. The van der Waals surface area contributed by atoms with Crippen molar-refractivity contribution < 1.29 is 36.3 Å². The Labute approximate surface area is 169 Å². The van der Waals surface area contributed by atoms with E-state index in [9.17, 15) is 31.5 Å². The number of hydrogen-bond acceptors (Lipinski definition) is 3. The third kappa shape index (κ3) is 8.16. The van der Waals surface area contributed by atoms with Crippen LogP contribution in [0, 0.1) is 11.6 Å². The van der Waals surface area contributed by atoms with E-state index in [1.165, 1.54) is 0 Å². The first-order chi connectivity index (χ1) is 14.1. The van der Waals surface area contributed by atoms with Gasteiger partial charge in [-0.1, -0.05) is 24.3 Å². The summed E-state index contributed by atoms with van der Waals surface area (Å²) in [6.07, 6.45) is -4.44. The fourth-order valence-corrected chi connectivity index (χ4v) is 2.39. The van der Waals surface area contributed by atoms with Gasteiger partial charge in [0.2, 0.25) is 5.91 Å². The average molecular weight is 430 g/mol. The van der Waals surface area contributed by atoms with Gasteiger partial charge in [0, 0.05) is 25.6 Å². The van der Waals surface area contributed by atoms with Gasteiger partial charge in [-0.3, -0.25) is 9.59 Å². The Morgan fingerprint density at radius 2 is 1.60 bits per heavy atom. The number of alkyl halides is 3. The highest BCUT2D eigenvalue weighted by Gasteiger charge is 2.27. The Hall–Kier alpha value is -3.01. The molecule has 0 aromatic heterocycles. The van der Waals surface area contributed by atoms with E-state index in [1.54, 1.807) is 24.3 Å². The van der Waals surface area contributed by atoms with Crippen molar-refractivity contribution >= 4 is 11.8 Å². The number of nitrogens with one attached hydrogen (secondary N) is 2. The van der Waals surface area contributed by atoms with Crippen LogP contribution in [0.25, 0.3) is 0 Å². The van der Waals surface area contributed by atoms with Crippen molar-refractivity contribution in [1.29, 1.82) is 0 Å². The Morgan fingerprint density at radius 3 is 2.23 bits per heavy atom. The Morgan fingerprint density at radius 1 is 0.933 bits per heavy atom. The molecule has 2 aromatic carbocycles. The number of rotatable bonds is 9. The van der Waals surface area contributed by atoms with Crippen LogP contribution in [0.4, 0.5) is 22.0 Å². The van der Waals surface area contributed by atoms with Crippen molar-refractivity contribution in [3.05, 3.63) is 70.8 Å². The van der Waals surface area contributed by atoms with Gasteiger partial charge in [0.1, 0.15) is 18.2 Å². The lowest BCUT2D eigenvalue weighted by Crippen LogP contribution is -2.31. The predicted octanol–water partition coefficient (Wildman–Crippen LogP) is 3.48. The molecule has 30 heavy (non-hydrogen) atoms. The number of amides is 2. The van der Waals surface area contributed by atoms with Gasteiger partial charge in [0.05, 0.1) is 12.2 Å². The Kier molecular flexibility index (Phi) is 8.28. The summed E-state index contributed by atoms with van der Waals surface area (Å²) in [6, 6.07) is 9.04.